The molecule has 1 fully saturated rings. The molecule has 1 amide bonds. The maximum absolute atomic E-state index is 12.4. The molecule has 3 nitrogen and oxygen atoms in total. The molecule has 0 spiro atoms. The molecule has 0 bridgehead atoms. The molecule has 2 atom stereocenters. The van der Waals surface area contributed by atoms with Crippen LogP contribution in [0.15, 0.2) is 0 Å². The van der Waals surface area contributed by atoms with Crippen molar-refractivity contribution in [1.82, 2.24) is 10.2 Å². The van der Waals surface area contributed by atoms with Gasteiger partial charge in [0.05, 0.1) is 6.04 Å². The predicted octanol–water partition coefficient (Wildman–Crippen LogP) is 2.41. The molecule has 2 unspecified atom stereocenters. The number of likely N-dealkylation sites (tertiary alicyclic amines) is 1. The highest BCUT2D eigenvalue weighted by atomic mass is 16.2. The van der Waals surface area contributed by atoms with Crippen LogP contribution >= 0.6 is 0 Å². The average Bonchev–Trinajstić information content (AvgIpc) is 2.23. The number of carbonyl (C=O) groups is 1. The summed E-state index contributed by atoms with van der Waals surface area (Å²) in [5.41, 5.74) is 0. The van der Waals surface area contributed by atoms with Gasteiger partial charge in [0.25, 0.3) is 0 Å². The fraction of sp³-hybridized carbons (Fsp3) is 0.929. The topological polar surface area (TPSA) is 32.3 Å². The summed E-state index contributed by atoms with van der Waals surface area (Å²) in [7, 11) is 0. The predicted molar refractivity (Wildman–Crippen MR) is 71.9 cm³/mol. The molecule has 0 aromatic heterocycles. The monoisotopic (exact) mass is 240 g/mol. The molecule has 17 heavy (non-hydrogen) atoms. The molecule has 100 valence electrons. The molecule has 1 aliphatic rings. The van der Waals surface area contributed by atoms with Crippen molar-refractivity contribution in [3.8, 4) is 0 Å². The van der Waals surface area contributed by atoms with E-state index in [9.17, 15) is 4.79 Å². The highest BCUT2D eigenvalue weighted by molar-refractivity contribution is 5.83. The van der Waals surface area contributed by atoms with Crippen LogP contribution in [-0.4, -0.2) is 35.5 Å². The molecule has 0 radical (unpaired) electrons. The molecule has 3 heteroatoms. The molecular formula is C14H28N2O. The standard InChI is InChI=1S/C14H28N2O/c1-6-13(10(2)3)16-9-7-8-12(14(16)17)15-11(4)5/h10-13,15H,6-9H2,1-5H3. The summed E-state index contributed by atoms with van der Waals surface area (Å²) >= 11 is 0. The van der Waals surface area contributed by atoms with Crippen LogP contribution in [0.25, 0.3) is 0 Å². The number of nitrogens with zero attached hydrogens (tertiary/aromatic N) is 1. The van der Waals surface area contributed by atoms with Gasteiger partial charge in [-0.2, -0.15) is 0 Å². The van der Waals surface area contributed by atoms with E-state index in [0.29, 0.717) is 23.9 Å². The number of nitrogens with one attached hydrogen (secondary N) is 1. The van der Waals surface area contributed by atoms with Gasteiger partial charge < -0.3 is 10.2 Å². The van der Waals surface area contributed by atoms with Crippen molar-refractivity contribution < 1.29 is 4.79 Å². The number of hydrogen-bond acceptors (Lipinski definition) is 2. The van der Waals surface area contributed by atoms with E-state index in [4.69, 9.17) is 0 Å². The fourth-order valence-corrected chi connectivity index (χ4v) is 2.84. The Balaban J connectivity index is 2.70. The zero-order valence-electron chi connectivity index (χ0n) is 12.0. The van der Waals surface area contributed by atoms with Crippen molar-refractivity contribution in [1.29, 1.82) is 0 Å². The van der Waals surface area contributed by atoms with Crippen molar-refractivity contribution in [2.24, 2.45) is 5.92 Å². The number of hydrogen-bond donors (Lipinski definition) is 1. The Morgan fingerprint density at radius 1 is 1.35 bits per heavy atom. The van der Waals surface area contributed by atoms with Crippen molar-refractivity contribution in [2.75, 3.05) is 6.54 Å². The second kappa shape index (κ2) is 6.39. The summed E-state index contributed by atoms with van der Waals surface area (Å²) in [6.45, 7) is 11.7. The molecule has 1 heterocycles. The Labute approximate surface area is 106 Å². The molecule has 1 N–H and O–H groups in total. The lowest BCUT2D eigenvalue weighted by molar-refractivity contribution is -0.139. The largest absolute Gasteiger partial charge is 0.338 e. The van der Waals surface area contributed by atoms with E-state index in [1.165, 1.54) is 0 Å². The van der Waals surface area contributed by atoms with Crippen LogP contribution in [0.3, 0.4) is 0 Å². The van der Waals surface area contributed by atoms with E-state index in [0.717, 1.165) is 25.8 Å². The van der Waals surface area contributed by atoms with Crippen LogP contribution in [0.2, 0.25) is 0 Å². The molecule has 1 aliphatic heterocycles. The van der Waals surface area contributed by atoms with E-state index in [1.807, 2.05) is 0 Å². The van der Waals surface area contributed by atoms with Crippen LogP contribution in [0.4, 0.5) is 0 Å². The Bertz CT molecular complexity index is 251. The maximum atomic E-state index is 12.4. The minimum Gasteiger partial charge on any atom is -0.338 e. The number of rotatable bonds is 5. The van der Waals surface area contributed by atoms with Crippen molar-refractivity contribution in [2.45, 2.75) is 72.0 Å². The van der Waals surface area contributed by atoms with Gasteiger partial charge in [-0.3, -0.25) is 4.79 Å². The minimum absolute atomic E-state index is 0.0385. The van der Waals surface area contributed by atoms with Crippen LogP contribution in [0.1, 0.15) is 53.9 Å². The van der Waals surface area contributed by atoms with Gasteiger partial charge in [0.1, 0.15) is 0 Å². The lowest BCUT2D eigenvalue weighted by Crippen LogP contribution is -2.56. The lowest BCUT2D eigenvalue weighted by Gasteiger charge is -2.40. The smallest absolute Gasteiger partial charge is 0.239 e. The summed E-state index contributed by atoms with van der Waals surface area (Å²) in [5, 5.41) is 3.39. The normalized spacial score (nSPS) is 23.6. The van der Waals surface area contributed by atoms with Crippen LogP contribution in [0, 0.1) is 5.92 Å². The highest BCUT2D eigenvalue weighted by Gasteiger charge is 2.33. The Morgan fingerprint density at radius 2 is 2.00 bits per heavy atom. The zero-order valence-corrected chi connectivity index (χ0v) is 12.0. The van der Waals surface area contributed by atoms with E-state index in [-0.39, 0.29) is 6.04 Å². The van der Waals surface area contributed by atoms with Crippen LogP contribution < -0.4 is 5.32 Å². The van der Waals surface area contributed by atoms with Gasteiger partial charge >= 0.3 is 0 Å². The van der Waals surface area contributed by atoms with Gasteiger partial charge in [-0.15, -0.1) is 0 Å². The van der Waals surface area contributed by atoms with Gasteiger partial charge in [-0.25, -0.2) is 0 Å². The van der Waals surface area contributed by atoms with E-state index < -0.39 is 0 Å². The van der Waals surface area contributed by atoms with Crippen molar-refractivity contribution in [3.63, 3.8) is 0 Å². The van der Waals surface area contributed by atoms with Gasteiger partial charge in [0.15, 0.2) is 0 Å². The molecule has 0 aliphatic carbocycles. The number of amides is 1. The first-order valence-corrected chi connectivity index (χ1v) is 7.03. The van der Waals surface area contributed by atoms with Crippen LogP contribution in [0.5, 0.6) is 0 Å². The molecule has 0 aromatic rings. The first kappa shape index (κ1) is 14.5. The van der Waals surface area contributed by atoms with E-state index in [2.05, 4.69) is 44.8 Å². The molecule has 1 saturated heterocycles. The molecule has 1 rings (SSSR count). The third-order valence-electron chi connectivity index (χ3n) is 3.60. The first-order valence-electron chi connectivity index (χ1n) is 7.03. The number of piperidine rings is 1. The average molecular weight is 240 g/mol. The molecule has 0 aromatic carbocycles. The fourth-order valence-electron chi connectivity index (χ4n) is 2.84. The van der Waals surface area contributed by atoms with Gasteiger partial charge in [-0.1, -0.05) is 34.6 Å². The van der Waals surface area contributed by atoms with E-state index in [1.54, 1.807) is 0 Å². The molecular weight excluding hydrogens is 212 g/mol. The highest BCUT2D eigenvalue weighted by Crippen LogP contribution is 2.21. The first-order chi connectivity index (χ1) is 7.97. The third kappa shape index (κ3) is 3.70. The second-order valence-corrected chi connectivity index (χ2v) is 5.77. The van der Waals surface area contributed by atoms with Gasteiger partial charge in [0.2, 0.25) is 5.91 Å². The van der Waals surface area contributed by atoms with Crippen molar-refractivity contribution >= 4 is 5.91 Å². The van der Waals surface area contributed by atoms with E-state index >= 15 is 0 Å². The second-order valence-electron chi connectivity index (χ2n) is 5.77. The lowest BCUT2D eigenvalue weighted by atomic mass is 9.95. The Hall–Kier alpha value is -0.570. The van der Waals surface area contributed by atoms with Crippen LogP contribution in [-0.2, 0) is 4.79 Å². The summed E-state index contributed by atoms with van der Waals surface area (Å²) < 4.78 is 0. The summed E-state index contributed by atoms with van der Waals surface area (Å²) in [4.78, 5) is 14.5. The SMILES string of the molecule is CCC(C(C)C)N1CCCC(NC(C)C)C1=O. The third-order valence-corrected chi connectivity index (χ3v) is 3.60. The minimum atomic E-state index is 0.0385. The zero-order chi connectivity index (χ0) is 13.0. The quantitative estimate of drug-likeness (QED) is 0.800. The number of carbonyl (C=O) groups excluding carboxylic acids is 1. The van der Waals surface area contributed by atoms with Crippen molar-refractivity contribution in [3.05, 3.63) is 0 Å². The summed E-state index contributed by atoms with van der Waals surface area (Å²) in [5.74, 6) is 0.854. The Kier molecular flexibility index (Phi) is 5.44. The van der Waals surface area contributed by atoms with Gasteiger partial charge in [0, 0.05) is 18.6 Å². The Morgan fingerprint density at radius 3 is 2.47 bits per heavy atom. The summed E-state index contributed by atoms with van der Waals surface area (Å²) in [6.07, 6.45) is 3.17. The molecule has 0 saturated carbocycles. The van der Waals surface area contributed by atoms with Gasteiger partial charge in [-0.05, 0) is 25.2 Å². The summed E-state index contributed by atoms with van der Waals surface area (Å²) in [6, 6.07) is 0.818. The maximum Gasteiger partial charge on any atom is 0.239 e.